The Labute approximate surface area is 101 Å². The molecule has 0 aromatic carbocycles. The molecule has 5 nitrogen and oxygen atoms in total. The van der Waals surface area contributed by atoms with Gasteiger partial charge in [-0.2, -0.15) is 0 Å². The fourth-order valence-electron chi connectivity index (χ4n) is 1.43. The van der Waals surface area contributed by atoms with Crippen molar-refractivity contribution < 1.29 is 9.53 Å². The Kier molecular flexibility index (Phi) is 3.80. The van der Waals surface area contributed by atoms with Crippen molar-refractivity contribution in [2.45, 2.75) is 12.8 Å². The average molecular weight is 235 g/mol. The number of nitrogens with one attached hydrogen (secondary N) is 2. The van der Waals surface area contributed by atoms with Gasteiger partial charge < -0.3 is 15.4 Å². The molecule has 0 bridgehead atoms. The molecule has 0 aliphatic heterocycles. The van der Waals surface area contributed by atoms with E-state index in [0.29, 0.717) is 11.8 Å². The van der Waals surface area contributed by atoms with Crippen LogP contribution in [-0.2, 0) is 4.79 Å². The number of carbonyl (C=O) groups is 1. The molecule has 0 atom stereocenters. The van der Waals surface area contributed by atoms with Gasteiger partial charge in [0.15, 0.2) is 0 Å². The second kappa shape index (κ2) is 5.52. The summed E-state index contributed by atoms with van der Waals surface area (Å²) >= 11 is 0. The van der Waals surface area contributed by atoms with Crippen molar-refractivity contribution in [3.63, 3.8) is 0 Å². The predicted octanol–water partition coefficient (Wildman–Crippen LogP) is 1.03. The van der Waals surface area contributed by atoms with Gasteiger partial charge in [-0.25, -0.2) is 4.98 Å². The molecule has 1 saturated carbocycles. The van der Waals surface area contributed by atoms with Crippen molar-refractivity contribution in [1.82, 2.24) is 10.3 Å². The summed E-state index contributed by atoms with van der Waals surface area (Å²) in [6.07, 6.45) is 4.14. The van der Waals surface area contributed by atoms with Crippen LogP contribution in [0.3, 0.4) is 0 Å². The average Bonchev–Trinajstić information content (AvgIpc) is 3.18. The number of hydrogen-bond acceptors (Lipinski definition) is 4. The maximum Gasteiger partial charge on any atom is 0.239 e. The molecule has 0 spiro atoms. The molecule has 0 radical (unpaired) electrons. The minimum absolute atomic E-state index is 0.0210. The molecule has 1 amide bonds. The maximum absolute atomic E-state index is 11.5. The van der Waals surface area contributed by atoms with Crippen molar-refractivity contribution in [2.24, 2.45) is 5.92 Å². The van der Waals surface area contributed by atoms with Gasteiger partial charge in [0.1, 0.15) is 0 Å². The molecule has 92 valence electrons. The van der Waals surface area contributed by atoms with Gasteiger partial charge in [-0.1, -0.05) is 0 Å². The Morgan fingerprint density at radius 1 is 1.53 bits per heavy atom. The van der Waals surface area contributed by atoms with Crippen LogP contribution in [0.5, 0.6) is 5.88 Å². The monoisotopic (exact) mass is 235 g/mol. The van der Waals surface area contributed by atoms with Crippen LogP contribution in [0, 0.1) is 5.92 Å². The van der Waals surface area contributed by atoms with E-state index in [1.807, 2.05) is 6.07 Å². The summed E-state index contributed by atoms with van der Waals surface area (Å²) < 4.78 is 4.95. The summed E-state index contributed by atoms with van der Waals surface area (Å²) in [5.74, 6) is 1.29. The molecule has 2 N–H and O–H groups in total. The molecule has 17 heavy (non-hydrogen) atoms. The minimum Gasteiger partial charge on any atom is -0.481 e. The third-order valence-corrected chi connectivity index (χ3v) is 2.68. The number of carbonyl (C=O) groups excluding carboxylic acids is 1. The SMILES string of the molecule is COc1ccc(NCC(=O)NCC2CC2)cn1. The smallest absolute Gasteiger partial charge is 0.239 e. The molecule has 2 rings (SSSR count). The van der Waals surface area contributed by atoms with Gasteiger partial charge in [0, 0.05) is 12.6 Å². The van der Waals surface area contributed by atoms with Gasteiger partial charge in [0.2, 0.25) is 11.8 Å². The molecular formula is C12H17N3O2. The quantitative estimate of drug-likeness (QED) is 0.773. The van der Waals surface area contributed by atoms with Crippen molar-refractivity contribution in [1.29, 1.82) is 0 Å². The highest BCUT2D eigenvalue weighted by molar-refractivity contribution is 5.80. The van der Waals surface area contributed by atoms with Crippen LogP contribution < -0.4 is 15.4 Å². The largest absolute Gasteiger partial charge is 0.481 e. The third kappa shape index (κ3) is 3.94. The summed E-state index contributed by atoms with van der Waals surface area (Å²) in [7, 11) is 1.57. The van der Waals surface area contributed by atoms with Crippen LogP contribution in [0.15, 0.2) is 18.3 Å². The Balaban J connectivity index is 1.70. The van der Waals surface area contributed by atoms with Crippen LogP contribution >= 0.6 is 0 Å². The van der Waals surface area contributed by atoms with Crippen LogP contribution in [0.2, 0.25) is 0 Å². The lowest BCUT2D eigenvalue weighted by molar-refractivity contribution is -0.119. The van der Waals surface area contributed by atoms with Gasteiger partial charge in [-0.3, -0.25) is 4.79 Å². The van der Waals surface area contributed by atoms with E-state index < -0.39 is 0 Å². The Hall–Kier alpha value is -1.78. The van der Waals surface area contributed by atoms with Crippen LogP contribution in [0.25, 0.3) is 0 Å². The van der Waals surface area contributed by atoms with E-state index in [4.69, 9.17) is 4.74 Å². The molecular weight excluding hydrogens is 218 g/mol. The number of pyridine rings is 1. The predicted molar refractivity (Wildman–Crippen MR) is 65.0 cm³/mol. The summed E-state index contributed by atoms with van der Waals surface area (Å²) in [6.45, 7) is 1.09. The lowest BCUT2D eigenvalue weighted by Gasteiger charge is -2.07. The highest BCUT2D eigenvalue weighted by Gasteiger charge is 2.21. The van der Waals surface area contributed by atoms with Gasteiger partial charge in [-0.15, -0.1) is 0 Å². The first-order chi connectivity index (χ1) is 8.28. The molecule has 1 heterocycles. The fraction of sp³-hybridized carbons (Fsp3) is 0.500. The maximum atomic E-state index is 11.5. The third-order valence-electron chi connectivity index (χ3n) is 2.68. The molecule has 1 aromatic rings. The van der Waals surface area contributed by atoms with Crippen molar-refractivity contribution >= 4 is 11.6 Å². The highest BCUT2D eigenvalue weighted by Crippen LogP contribution is 2.27. The lowest BCUT2D eigenvalue weighted by atomic mass is 10.4. The van der Waals surface area contributed by atoms with E-state index in [9.17, 15) is 4.79 Å². The number of methoxy groups -OCH3 is 1. The summed E-state index contributed by atoms with van der Waals surface area (Å²) in [4.78, 5) is 15.5. The zero-order valence-corrected chi connectivity index (χ0v) is 9.90. The standard InChI is InChI=1S/C12H17N3O2/c1-17-12-5-4-10(7-15-12)13-8-11(16)14-6-9-2-3-9/h4-5,7,9,13H,2-3,6,8H2,1H3,(H,14,16). The normalized spacial score (nSPS) is 14.2. The summed E-state index contributed by atoms with van der Waals surface area (Å²) in [6, 6.07) is 3.59. The van der Waals surface area contributed by atoms with E-state index in [-0.39, 0.29) is 12.5 Å². The minimum atomic E-state index is 0.0210. The number of rotatable bonds is 6. The van der Waals surface area contributed by atoms with E-state index >= 15 is 0 Å². The molecule has 5 heteroatoms. The molecule has 1 aromatic heterocycles. The fourth-order valence-corrected chi connectivity index (χ4v) is 1.43. The number of hydrogen-bond donors (Lipinski definition) is 2. The number of amides is 1. The molecule has 1 aliphatic rings. The zero-order chi connectivity index (χ0) is 12.1. The van der Waals surface area contributed by atoms with Crippen LogP contribution in [0.4, 0.5) is 5.69 Å². The lowest BCUT2D eigenvalue weighted by Crippen LogP contribution is -2.31. The molecule has 0 saturated heterocycles. The van der Waals surface area contributed by atoms with E-state index in [1.54, 1.807) is 19.4 Å². The van der Waals surface area contributed by atoms with Crippen LogP contribution in [0.1, 0.15) is 12.8 Å². The van der Waals surface area contributed by atoms with Gasteiger partial charge in [0.25, 0.3) is 0 Å². The number of ether oxygens (including phenoxy) is 1. The second-order valence-corrected chi connectivity index (χ2v) is 4.19. The van der Waals surface area contributed by atoms with Crippen molar-refractivity contribution in [3.05, 3.63) is 18.3 Å². The van der Waals surface area contributed by atoms with Crippen LogP contribution in [-0.4, -0.2) is 31.1 Å². The van der Waals surface area contributed by atoms with Crippen molar-refractivity contribution in [2.75, 3.05) is 25.5 Å². The Morgan fingerprint density at radius 2 is 2.35 bits per heavy atom. The zero-order valence-electron chi connectivity index (χ0n) is 9.90. The van der Waals surface area contributed by atoms with Gasteiger partial charge >= 0.3 is 0 Å². The summed E-state index contributed by atoms with van der Waals surface area (Å²) in [5, 5.41) is 5.90. The first-order valence-electron chi connectivity index (χ1n) is 5.78. The molecule has 1 aliphatic carbocycles. The number of nitrogens with zero attached hydrogens (tertiary/aromatic N) is 1. The second-order valence-electron chi connectivity index (χ2n) is 4.19. The van der Waals surface area contributed by atoms with Crippen molar-refractivity contribution in [3.8, 4) is 5.88 Å². The highest BCUT2D eigenvalue weighted by atomic mass is 16.5. The summed E-state index contributed by atoms with van der Waals surface area (Å²) in [5.41, 5.74) is 0.812. The van der Waals surface area contributed by atoms with E-state index in [0.717, 1.165) is 12.2 Å². The van der Waals surface area contributed by atoms with Gasteiger partial charge in [0.05, 0.1) is 25.5 Å². The molecule has 0 unspecified atom stereocenters. The molecule has 1 fully saturated rings. The Bertz CT molecular complexity index is 374. The first kappa shape index (κ1) is 11.7. The Morgan fingerprint density at radius 3 is 2.94 bits per heavy atom. The van der Waals surface area contributed by atoms with E-state index in [1.165, 1.54) is 12.8 Å². The first-order valence-corrected chi connectivity index (χ1v) is 5.78. The number of aromatic nitrogens is 1. The number of anilines is 1. The van der Waals surface area contributed by atoms with Gasteiger partial charge in [-0.05, 0) is 24.8 Å². The van der Waals surface area contributed by atoms with E-state index in [2.05, 4.69) is 15.6 Å². The topological polar surface area (TPSA) is 63.2 Å².